The summed E-state index contributed by atoms with van der Waals surface area (Å²) in [6.07, 6.45) is 3.16. The Morgan fingerprint density at radius 1 is 1.36 bits per heavy atom. The highest BCUT2D eigenvalue weighted by Gasteiger charge is 2.50. The van der Waals surface area contributed by atoms with E-state index < -0.39 is 0 Å². The molecule has 2 unspecified atom stereocenters. The summed E-state index contributed by atoms with van der Waals surface area (Å²) in [4.78, 5) is 15.8. The number of aromatic amines is 1. The SMILES string of the molecule is CC(C)OC1CC(NC(=O)c2cccc3cc[nH]c23)C1(C)C. The monoisotopic (exact) mass is 300 g/mol. The van der Waals surface area contributed by atoms with Gasteiger partial charge in [-0.05, 0) is 32.4 Å². The number of benzene rings is 1. The fraction of sp³-hybridized carbons (Fsp3) is 0.500. The molecule has 0 aliphatic heterocycles. The van der Waals surface area contributed by atoms with E-state index in [4.69, 9.17) is 4.74 Å². The molecule has 1 aromatic heterocycles. The second kappa shape index (κ2) is 5.43. The van der Waals surface area contributed by atoms with Crippen LogP contribution < -0.4 is 5.32 Å². The van der Waals surface area contributed by atoms with Crippen molar-refractivity contribution < 1.29 is 9.53 Å². The second-order valence-corrected chi connectivity index (χ2v) is 7.00. The molecule has 1 amide bonds. The lowest BCUT2D eigenvalue weighted by Gasteiger charge is -2.52. The van der Waals surface area contributed by atoms with Gasteiger partial charge in [0.25, 0.3) is 5.91 Å². The molecule has 0 spiro atoms. The summed E-state index contributed by atoms with van der Waals surface area (Å²) in [5, 5.41) is 4.23. The molecule has 3 rings (SSSR count). The highest BCUT2D eigenvalue weighted by Crippen LogP contribution is 2.43. The van der Waals surface area contributed by atoms with Gasteiger partial charge in [-0.2, -0.15) is 0 Å². The summed E-state index contributed by atoms with van der Waals surface area (Å²) in [5.74, 6) is -0.0193. The van der Waals surface area contributed by atoms with Crippen LogP contribution in [0.1, 0.15) is 44.5 Å². The number of fused-ring (bicyclic) bond motifs is 1. The van der Waals surface area contributed by atoms with E-state index in [-0.39, 0.29) is 29.6 Å². The molecule has 2 N–H and O–H groups in total. The minimum Gasteiger partial charge on any atom is -0.375 e. The van der Waals surface area contributed by atoms with E-state index in [1.54, 1.807) is 0 Å². The molecule has 1 fully saturated rings. The van der Waals surface area contributed by atoms with Crippen molar-refractivity contribution in [3.8, 4) is 0 Å². The molecule has 2 aromatic rings. The van der Waals surface area contributed by atoms with Gasteiger partial charge in [0, 0.05) is 23.0 Å². The molecule has 0 radical (unpaired) electrons. The van der Waals surface area contributed by atoms with Crippen molar-refractivity contribution in [2.24, 2.45) is 5.41 Å². The van der Waals surface area contributed by atoms with E-state index in [9.17, 15) is 4.79 Å². The Kier molecular flexibility index (Phi) is 3.73. The van der Waals surface area contributed by atoms with Gasteiger partial charge in [-0.1, -0.05) is 26.0 Å². The molecule has 1 aliphatic rings. The third kappa shape index (κ3) is 2.52. The maximum absolute atomic E-state index is 12.6. The van der Waals surface area contributed by atoms with Crippen molar-refractivity contribution in [2.75, 3.05) is 0 Å². The number of amides is 1. The van der Waals surface area contributed by atoms with E-state index >= 15 is 0 Å². The van der Waals surface area contributed by atoms with Gasteiger partial charge in [0.15, 0.2) is 0 Å². The molecule has 1 saturated carbocycles. The number of carbonyl (C=O) groups is 1. The predicted molar refractivity (Wildman–Crippen MR) is 88.0 cm³/mol. The van der Waals surface area contributed by atoms with Crippen molar-refractivity contribution in [3.05, 3.63) is 36.0 Å². The molecular formula is C18H24N2O2. The Bertz CT molecular complexity index is 687. The quantitative estimate of drug-likeness (QED) is 0.908. The lowest BCUT2D eigenvalue weighted by atomic mass is 9.64. The lowest BCUT2D eigenvalue weighted by molar-refractivity contribution is -0.136. The minimum absolute atomic E-state index is 0.0193. The van der Waals surface area contributed by atoms with Crippen molar-refractivity contribution in [1.29, 1.82) is 0 Å². The fourth-order valence-electron chi connectivity index (χ4n) is 3.20. The normalized spacial score (nSPS) is 23.5. The van der Waals surface area contributed by atoms with Gasteiger partial charge in [0.2, 0.25) is 0 Å². The lowest BCUT2D eigenvalue weighted by Crippen LogP contribution is -2.62. The van der Waals surface area contributed by atoms with Gasteiger partial charge in [-0.15, -0.1) is 0 Å². The van der Waals surface area contributed by atoms with Crippen molar-refractivity contribution in [3.63, 3.8) is 0 Å². The molecule has 2 atom stereocenters. The number of para-hydroxylation sites is 1. The number of hydrogen-bond acceptors (Lipinski definition) is 2. The Labute approximate surface area is 131 Å². The molecule has 118 valence electrons. The maximum Gasteiger partial charge on any atom is 0.253 e. The highest BCUT2D eigenvalue weighted by atomic mass is 16.5. The number of carbonyl (C=O) groups excluding carboxylic acids is 1. The molecule has 1 heterocycles. The predicted octanol–water partition coefficient (Wildman–Crippen LogP) is 3.49. The Morgan fingerprint density at radius 2 is 2.14 bits per heavy atom. The average Bonchev–Trinajstić information content (AvgIpc) is 2.93. The smallest absolute Gasteiger partial charge is 0.253 e. The van der Waals surface area contributed by atoms with Gasteiger partial charge >= 0.3 is 0 Å². The van der Waals surface area contributed by atoms with E-state index in [1.807, 2.05) is 44.3 Å². The first-order valence-electron chi connectivity index (χ1n) is 7.92. The number of hydrogen-bond donors (Lipinski definition) is 2. The maximum atomic E-state index is 12.6. The summed E-state index contributed by atoms with van der Waals surface area (Å²) in [6, 6.07) is 7.91. The zero-order chi connectivity index (χ0) is 15.9. The number of aromatic nitrogens is 1. The molecule has 1 aliphatic carbocycles. The van der Waals surface area contributed by atoms with Crippen LogP contribution in [0.3, 0.4) is 0 Å². The summed E-state index contributed by atoms with van der Waals surface area (Å²) in [7, 11) is 0. The van der Waals surface area contributed by atoms with Crippen LogP contribution in [0, 0.1) is 5.41 Å². The van der Waals surface area contributed by atoms with Crippen LogP contribution in [-0.2, 0) is 4.74 Å². The minimum atomic E-state index is -0.0381. The number of rotatable bonds is 4. The number of nitrogens with one attached hydrogen (secondary N) is 2. The van der Waals surface area contributed by atoms with Gasteiger partial charge in [0.1, 0.15) is 0 Å². The molecule has 0 bridgehead atoms. The Balaban J connectivity index is 1.72. The molecule has 22 heavy (non-hydrogen) atoms. The Hall–Kier alpha value is -1.81. The Morgan fingerprint density at radius 3 is 2.82 bits per heavy atom. The van der Waals surface area contributed by atoms with Gasteiger partial charge < -0.3 is 15.0 Å². The molecular weight excluding hydrogens is 276 g/mol. The van der Waals surface area contributed by atoms with Gasteiger partial charge in [-0.25, -0.2) is 0 Å². The van der Waals surface area contributed by atoms with Crippen LogP contribution in [0.25, 0.3) is 10.9 Å². The van der Waals surface area contributed by atoms with Gasteiger partial charge in [0.05, 0.1) is 23.3 Å². The molecule has 4 heteroatoms. The van der Waals surface area contributed by atoms with E-state index in [1.165, 1.54) is 0 Å². The molecule has 0 saturated heterocycles. The topological polar surface area (TPSA) is 54.1 Å². The van der Waals surface area contributed by atoms with Crippen LogP contribution in [0.5, 0.6) is 0 Å². The number of ether oxygens (including phenoxy) is 1. The van der Waals surface area contributed by atoms with E-state index in [0.717, 1.165) is 17.3 Å². The van der Waals surface area contributed by atoms with Crippen LogP contribution in [0.15, 0.2) is 30.5 Å². The van der Waals surface area contributed by atoms with Crippen molar-refractivity contribution in [2.45, 2.75) is 52.4 Å². The highest BCUT2D eigenvalue weighted by molar-refractivity contribution is 6.05. The zero-order valence-electron chi connectivity index (χ0n) is 13.6. The first-order valence-corrected chi connectivity index (χ1v) is 7.92. The zero-order valence-corrected chi connectivity index (χ0v) is 13.6. The third-order valence-corrected chi connectivity index (χ3v) is 4.75. The molecule has 1 aromatic carbocycles. The number of H-pyrrole nitrogens is 1. The van der Waals surface area contributed by atoms with Crippen LogP contribution >= 0.6 is 0 Å². The first kappa shape index (κ1) is 15.1. The summed E-state index contributed by atoms with van der Waals surface area (Å²) in [5.41, 5.74) is 1.56. The summed E-state index contributed by atoms with van der Waals surface area (Å²) < 4.78 is 5.92. The van der Waals surface area contributed by atoms with Crippen molar-refractivity contribution >= 4 is 16.8 Å². The second-order valence-electron chi connectivity index (χ2n) is 7.00. The molecule has 4 nitrogen and oxygen atoms in total. The van der Waals surface area contributed by atoms with Crippen LogP contribution in [0.4, 0.5) is 0 Å². The summed E-state index contributed by atoms with van der Waals surface area (Å²) in [6.45, 7) is 8.41. The van der Waals surface area contributed by atoms with Gasteiger partial charge in [-0.3, -0.25) is 4.79 Å². The standard InChI is InChI=1S/C18H24N2O2/c1-11(2)22-15-10-14(18(15,3)4)20-17(21)13-7-5-6-12-8-9-19-16(12)13/h5-9,11,14-15,19H,10H2,1-4H3,(H,20,21). The summed E-state index contributed by atoms with van der Waals surface area (Å²) >= 11 is 0. The van der Waals surface area contributed by atoms with Crippen LogP contribution in [0.2, 0.25) is 0 Å². The first-order chi connectivity index (χ1) is 10.4. The average molecular weight is 300 g/mol. The van der Waals surface area contributed by atoms with E-state index in [2.05, 4.69) is 24.1 Å². The van der Waals surface area contributed by atoms with E-state index in [0.29, 0.717) is 5.56 Å². The largest absolute Gasteiger partial charge is 0.375 e. The van der Waals surface area contributed by atoms with Crippen molar-refractivity contribution in [1.82, 2.24) is 10.3 Å². The third-order valence-electron chi connectivity index (χ3n) is 4.75. The fourth-order valence-corrected chi connectivity index (χ4v) is 3.20. The van der Waals surface area contributed by atoms with Crippen LogP contribution in [-0.4, -0.2) is 29.1 Å².